The number of thioether (sulfide) groups is 1. The molecule has 0 aliphatic carbocycles. The summed E-state index contributed by atoms with van der Waals surface area (Å²) >= 11 is 1.70. The van der Waals surface area contributed by atoms with E-state index in [1.807, 2.05) is 62.4 Å². The Balaban J connectivity index is 1.45. The fourth-order valence-corrected chi connectivity index (χ4v) is 9.46. The quantitative estimate of drug-likeness (QED) is 0.389. The fraction of sp³-hybridized carbons (Fsp3) is 0.516. The summed E-state index contributed by atoms with van der Waals surface area (Å²) in [6.45, 7) is 7.05. The van der Waals surface area contributed by atoms with Crippen molar-refractivity contribution in [3.05, 3.63) is 65.2 Å². The Labute approximate surface area is 235 Å². The number of nitrogens with one attached hydrogen (secondary N) is 2. The third-order valence-corrected chi connectivity index (χ3v) is 11.0. The number of likely N-dealkylation sites (tertiary alicyclic amines) is 1. The number of hydrogen-bond donors (Lipinski definition) is 3. The molecule has 0 aromatic heterocycles. The number of carbonyl (C=O) groups excluding carboxylic acids is 3. The van der Waals surface area contributed by atoms with E-state index in [2.05, 4.69) is 17.6 Å². The highest BCUT2D eigenvalue weighted by Crippen LogP contribution is 2.68. The predicted molar refractivity (Wildman–Crippen MR) is 154 cm³/mol. The predicted octanol–water partition coefficient (Wildman–Crippen LogP) is 4.06. The SMILES string of the molecule is Cc1cccc(C)c1NC(=O)C1N(CCCCCO)C(=O)[C@@H]2[C@H](C(=O)NCc3ccccc3)[C@@H]3CC(C)C12S3. The van der Waals surface area contributed by atoms with Gasteiger partial charge in [-0.15, -0.1) is 11.8 Å². The fourth-order valence-electron chi connectivity index (χ4n) is 7.04. The molecule has 3 N–H and O–H groups in total. The molecule has 3 heterocycles. The first kappa shape index (κ1) is 27.7. The van der Waals surface area contributed by atoms with Crippen LogP contribution in [0.25, 0.3) is 0 Å². The van der Waals surface area contributed by atoms with Crippen LogP contribution in [0.3, 0.4) is 0 Å². The zero-order valence-corrected chi connectivity index (χ0v) is 23.8. The Morgan fingerprint density at radius 1 is 1.03 bits per heavy atom. The lowest BCUT2D eigenvalue weighted by Gasteiger charge is -2.38. The number of hydrogen-bond acceptors (Lipinski definition) is 5. The van der Waals surface area contributed by atoms with E-state index in [4.69, 9.17) is 0 Å². The molecule has 2 bridgehead atoms. The molecule has 39 heavy (non-hydrogen) atoms. The number of amides is 3. The second kappa shape index (κ2) is 11.3. The summed E-state index contributed by atoms with van der Waals surface area (Å²) in [7, 11) is 0. The van der Waals surface area contributed by atoms with E-state index in [1.165, 1.54) is 0 Å². The molecule has 2 aromatic carbocycles. The summed E-state index contributed by atoms with van der Waals surface area (Å²) in [4.78, 5) is 43.7. The number of aliphatic hydroxyl groups is 1. The molecule has 3 amide bonds. The van der Waals surface area contributed by atoms with Crippen molar-refractivity contribution in [2.24, 2.45) is 17.8 Å². The zero-order chi connectivity index (χ0) is 27.7. The molecule has 3 fully saturated rings. The highest BCUT2D eigenvalue weighted by atomic mass is 32.2. The summed E-state index contributed by atoms with van der Waals surface area (Å²) in [5, 5.41) is 15.5. The van der Waals surface area contributed by atoms with Gasteiger partial charge >= 0.3 is 0 Å². The Morgan fingerprint density at radius 3 is 2.44 bits per heavy atom. The molecule has 1 spiro atoms. The molecule has 3 aliphatic heterocycles. The van der Waals surface area contributed by atoms with Crippen LogP contribution in [0, 0.1) is 31.6 Å². The van der Waals surface area contributed by atoms with Gasteiger partial charge in [-0.3, -0.25) is 14.4 Å². The maximum atomic E-state index is 14.2. The lowest BCUT2D eigenvalue weighted by Crippen LogP contribution is -2.55. The van der Waals surface area contributed by atoms with Crippen molar-refractivity contribution < 1.29 is 19.5 Å². The van der Waals surface area contributed by atoms with Crippen molar-refractivity contribution in [1.82, 2.24) is 10.2 Å². The number of anilines is 1. The number of rotatable bonds is 10. The molecule has 7 nitrogen and oxygen atoms in total. The van der Waals surface area contributed by atoms with E-state index in [1.54, 1.807) is 16.7 Å². The minimum Gasteiger partial charge on any atom is -0.396 e. The second-order valence-electron chi connectivity index (χ2n) is 11.3. The van der Waals surface area contributed by atoms with Gasteiger partial charge in [-0.1, -0.05) is 55.5 Å². The Bertz CT molecular complexity index is 1220. The summed E-state index contributed by atoms with van der Waals surface area (Å²) < 4.78 is -0.645. The molecular weight excluding hydrogens is 510 g/mol. The van der Waals surface area contributed by atoms with E-state index in [-0.39, 0.29) is 35.5 Å². The van der Waals surface area contributed by atoms with Crippen molar-refractivity contribution in [1.29, 1.82) is 0 Å². The van der Waals surface area contributed by atoms with Crippen LogP contribution < -0.4 is 10.6 Å². The van der Waals surface area contributed by atoms with Crippen LogP contribution >= 0.6 is 11.8 Å². The summed E-state index contributed by atoms with van der Waals surface area (Å²) in [6.07, 6.45) is 2.95. The molecule has 5 rings (SSSR count). The Morgan fingerprint density at radius 2 is 1.74 bits per heavy atom. The van der Waals surface area contributed by atoms with Gasteiger partial charge in [0.25, 0.3) is 0 Å². The van der Waals surface area contributed by atoms with E-state index in [9.17, 15) is 19.5 Å². The summed E-state index contributed by atoms with van der Waals surface area (Å²) in [5.74, 6) is -1.22. The standard InChI is InChI=1S/C31H39N3O4S/c1-19-11-10-12-20(2)26(19)33-29(37)27-31-21(3)17-23(39-31)24(28(36)32-18-22-13-6-4-7-14-22)25(31)30(38)34(27)15-8-5-9-16-35/h4,6-7,10-14,21,23-25,27,35H,5,8-9,15-18H2,1-3H3,(H,32,36)(H,33,37)/t21?,23-,24+,25-,27?,31?/m0/s1. The van der Waals surface area contributed by atoms with Crippen molar-refractivity contribution in [2.45, 2.75) is 69.0 Å². The van der Waals surface area contributed by atoms with Crippen molar-refractivity contribution in [2.75, 3.05) is 18.5 Å². The van der Waals surface area contributed by atoms with E-state index >= 15 is 0 Å². The molecule has 3 aliphatic rings. The number of aryl methyl sites for hydroxylation is 2. The summed E-state index contributed by atoms with van der Waals surface area (Å²) in [5.41, 5.74) is 3.76. The van der Waals surface area contributed by atoms with Crippen LogP contribution in [0.5, 0.6) is 0 Å². The second-order valence-corrected chi connectivity index (χ2v) is 12.9. The van der Waals surface area contributed by atoms with Gasteiger partial charge in [-0.05, 0) is 62.1 Å². The van der Waals surface area contributed by atoms with E-state index in [0.717, 1.165) is 35.2 Å². The molecule has 0 saturated carbocycles. The van der Waals surface area contributed by atoms with Crippen LogP contribution in [0.1, 0.15) is 49.3 Å². The van der Waals surface area contributed by atoms with Gasteiger partial charge in [0.05, 0.1) is 16.6 Å². The number of unbranched alkanes of at least 4 members (excludes halogenated alkanes) is 2. The highest BCUT2D eigenvalue weighted by molar-refractivity contribution is 8.02. The number of carbonyl (C=O) groups is 3. The normalized spacial score (nSPS) is 29.0. The molecule has 8 heteroatoms. The monoisotopic (exact) mass is 549 g/mol. The third-order valence-electron chi connectivity index (χ3n) is 8.89. The first-order valence-corrected chi connectivity index (χ1v) is 15.0. The van der Waals surface area contributed by atoms with Crippen LogP contribution in [0.2, 0.25) is 0 Å². The van der Waals surface area contributed by atoms with Crippen LogP contribution in [0.4, 0.5) is 5.69 Å². The summed E-state index contributed by atoms with van der Waals surface area (Å²) in [6, 6.07) is 15.0. The molecule has 6 atom stereocenters. The lowest BCUT2D eigenvalue weighted by molar-refractivity contribution is -0.139. The minimum absolute atomic E-state index is 0.0109. The number of fused-ring (bicyclic) bond motifs is 1. The lowest BCUT2D eigenvalue weighted by atomic mass is 9.66. The molecule has 3 saturated heterocycles. The van der Waals surface area contributed by atoms with Crippen LogP contribution in [0.15, 0.2) is 48.5 Å². The molecule has 0 radical (unpaired) electrons. The minimum atomic E-state index is -0.653. The van der Waals surface area contributed by atoms with Crippen molar-refractivity contribution in [3.8, 4) is 0 Å². The van der Waals surface area contributed by atoms with Gasteiger partial charge in [-0.2, -0.15) is 0 Å². The Kier molecular flexibility index (Phi) is 8.06. The van der Waals surface area contributed by atoms with E-state index in [0.29, 0.717) is 25.9 Å². The average Bonchev–Trinajstić information content (AvgIpc) is 3.51. The first-order chi connectivity index (χ1) is 18.8. The largest absolute Gasteiger partial charge is 0.396 e. The first-order valence-electron chi connectivity index (χ1n) is 14.1. The van der Waals surface area contributed by atoms with Crippen molar-refractivity contribution in [3.63, 3.8) is 0 Å². The number of nitrogens with zero attached hydrogens (tertiary/aromatic N) is 1. The molecule has 3 unspecified atom stereocenters. The molecule has 2 aromatic rings. The highest BCUT2D eigenvalue weighted by Gasteiger charge is 2.75. The average molecular weight is 550 g/mol. The number of benzene rings is 2. The van der Waals surface area contributed by atoms with Crippen LogP contribution in [-0.4, -0.2) is 56.9 Å². The van der Waals surface area contributed by atoms with Gasteiger partial charge in [0.15, 0.2) is 0 Å². The molecule has 208 valence electrons. The Hall–Kier alpha value is -2.84. The van der Waals surface area contributed by atoms with Gasteiger partial charge in [-0.25, -0.2) is 0 Å². The topological polar surface area (TPSA) is 98.7 Å². The van der Waals surface area contributed by atoms with Gasteiger partial charge in [0, 0.05) is 30.6 Å². The smallest absolute Gasteiger partial charge is 0.248 e. The number of para-hydroxylation sites is 1. The van der Waals surface area contributed by atoms with Crippen LogP contribution in [-0.2, 0) is 20.9 Å². The van der Waals surface area contributed by atoms with Gasteiger partial charge < -0.3 is 20.6 Å². The third kappa shape index (κ3) is 4.86. The maximum absolute atomic E-state index is 14.2. The van der Waals surface area contributed by atoms with Crippen molar-refractivity contribution >= 4 is 35.2 Å². The van der Waals surface area contributed by atoms with Gasteiger partial charge in [0.1, 0.15) is 6.04 Å². The van der Waals surface area contributed by atoms with E-state index < -0.39 is 22.6 Å². The zero-order valence-electron chi connectivity index (χ0n) is 23.0. The maximum Gasteiger partial charge on any atom is 0.248 e. The number of aliphatic hydroxyl groups excluding tert-OH is 1. The molecular formula is C31H39N3O4S. The van der Waals surface area contributed by atoms with Gasteiger partial charge in [0.2, 0.25) is 17.7 Å².